The van der Waals surface area contributed by atoms with Crippen molar-refractivity contribution < 1.29 is 0 Å². The summed E-state index contributed by atoms with van der Waals surface area (Å²) in [5.41, 5.74) is 3.06. The molecule has 0 atom stereocenters. The van der Waals surface area contributed by atoms with Gasteiger partial charge in [-0.25, -0.2) is 4.98 Å². The maximum absolute atomic E-state index is 4.46. The molecule has 0 fully saturated rings. The fraction of sp³-hybridized carbons (Fsp3) is 0. The van der Waals surface area contributed by atoms with Crippen molar-refractivity contribution in [3.05, 3.63) is 84.6 Å². The predicted molar refractivity (Wildman–Crippen MR) is 94.7 cm³/mol. The van der Waals surface area contributed by atoms with E-state index in [1.54, 1.807) is 0 Å². The topological polar surface area (TPSA) is 41.6 Å². The molecule has 4 aromatic rings. The summed E-state index contributed by atoms with van der Waals surface area (Å²) in [4.78, 5) is 12.2. The fourth-order valence-corrected chi connectivity index (χ4v) is 2.54. The summed E-state index contributed by atoms with van der Waals surface area (Å²) in [6.07, 6.45) is 7.67. The van der Waals surface area contributed by atoms with Gasteiger partial charge in [-0.15, -0.1) is 0 Å². The normalized spacial score (nSPS) is 11.3. The highest BCUT2D eigenvalue weighted by Crippen LogP contribution is 2.18. The first kappa shape index (κ1) is 13.5. The molecule has 0 spiro atoms. The van der Waals surface area contributed by atoms with Gasteiger partial charge in [-0.3, -0.25) is 4.98 Å². The zero-order chi connectivity index (χ0) is 15.5. The standard InChI is InChI=1S/C20H15N3/c1-2-6-15(7-3-1)19-14-22-20(23-19)11-10-18-12-16-8-4-5-9-17(16)13-21-18/h1-14H,(H,22,23)/b11-10+. The molecule has 0 unspecified atom stereocenters. The Bertz CT molecular complexity index is 968. The van der Waals surface area contributed by atoms with E-state index in [-0.39, 0.29) is 0 Å². The molecule has 2 aromatic carbocycles. The van der Waals surface area contributed by atoms with Crippen LogP contribution in [0, 0.1) is 0 Å². The number of fused-ring (bicyclic) bond motifs is 1. The predicted octanol–water partition coefficient (Wildman–Crippen LogP) is 4.80. The van der Waals surface area contributed by atoms with Crippen molar-refractivity contribution in [1.82, 2.24) is 15.0 Å². The summed E-state index contributed by atoms with van der Waals surface area (Å²) in [6.45, 7) is 0. The van der Waals surface area contributed by atoms with E-state index in [0.29, 0.717) is 0 Å². The van der Waals surface area contributed by atoms with Crippen LogP contribution in [0.15, 0.2) is 73.1 Å². The molecule has 0 aliphatic rings. The third-order valence-electron chi connectivity index (χ3n) is 3.74. The summed E-state index contributed by atoms with van der Waals surface area (Å²) in [6, 6.07) is 20.5. The third-order valence-corrected chi connectivity index (χ3v) is 3.74. The van der Waals surface area contributed by atoms with Gasteiger partial charge in [0.1, 0.15) is 5.82 Å². The first-order valence-corrected chi connectivity index (χ1v) is 7.52. The van der Waals surface area contributed by atoms with E-state index in [1.165, 1.54) is 5.39 Å². The lowest BCUT2D eigenvalue weighted by Gasteiger charge is -1.98. The summed E-state index contributed by atoms with van der Waals surface area (Å²) in [5.74, 6) is 0.818. The van der Waals surface area contributed by atoms with E-state index in [9.17, 15) is 0 Å². The number of nitrogens with zero attached hydrogens (tertiary/aromatic N) is 2. The van der Waals surface area contributed by atoms with Crippen LogP contribution in [0.4, 0.5) is 0 Å². The SMILES string of the molecule is C(=C\c1ncc(-c2ccccc2)[nH]1)/c1cc2ccccc2cn1. The molecule has 3 heteroatoms. The first-order chi connectivity index (χ1) is 11.4. The summed E-state index contributed by atoms with van der Waals surface area (Å²) in [7, 11) is 0. The van der Waals surface area contributed by atoms with E-state index in [4.69, 9.17) is 0 Å². The van der Waals surface area contributed by atoms with E-state index < -0.39 is 0 Å². The molecular weight excluding hydrogens is 282 g/mol. The van der Waals surface area contributed by atoms with Crippen LogP contribution in [0.1, 0.15) is 11.5 Å². The van der Waals surface area contributed by atoms with Crippen molar-refractivity contribution in [2.75, 3.05) is 0 Å². The van der Waals surface area contributed by atoms with E-state index in [2.05, 4.69) is 45.3 Å². The number of hydrogen-bond acceptors (Lipinski definition) is 2. The van der Waals surface area contributed by atoms with Crippen molar-refractivity contribution in [3.8, 4) is 11.3 Å². The highest BCUT2D eigenvalue weighted by Gasteiger charge is 2.00. The number of hydrogen-bond donors (Lipinski definition) is 1. The second kappa shape index (κ2) is 5.89. The molecule has 0 radical (unpaired) electrons. The van der Waals surface area contributed by atoms with Crippen molar-refractivity contribution in [1.29, 1.82) is 0 Å². The minimum Gasteiger partial charge on any atom is -0.338 e. The Morgan fingerprint density at radius 1 is 0.739 bits per heavy atom. The molecule has 0 amide bonds. The Labute approximate surface area is 134 Å². The molecule has 3 nitrogen and oxygen atoms in total. The van der Waals surface area contributed by atoms with Crippen LogP contribution in [0.25, 0.3) is 34.2 Å². The summed E-state index contributed by atoms with van der Waals surface area (Å²) >= 11 is 0. The zero-order valence-electron chi connectivity index (χ0n) is 12.5. The average molecular weight is 297 g/mol. The molecule has 23 heavy (non-hydrogen) atoms. The number of pyridine rings is 1. The Hall–Kier alpha value is -3.20. The highest BCUT2D eigenvalue weighted by molar-refractivity contribution is 5.84. The molecule has 0 saturated heterocycles. The number of aromatic nitrogens is 3. The Morgan fingerprint density at radius 2 is 1.52 bits per heavy atom. The number of imidazole rings is 1. The van der Waals surface area contributed by atoms with Gasteiger partial charge in [0.05, 0.1) is 17.6 Å². The van der Waals surface area contributed by atoms with Crippen molar-refractivity contribution in [2.45, 2.75) is 0 Å². The Morgan fingerprint density at radius 3 is 2.39 bits per heavy atom. The molecule has 110 valence electrons. The lowest BCUT2D eigenvalue weighted by atomic mass is 10.1. The number of benzene rings is 2. The van der Waals surface area contributed by atoms with Crippen LogP contribution in [0.5, 0.6) is 0 Å². The van der Waals surface area contributed by atoms with E-state index in [0.717, 1.165) is 28.2 Å². The quantitative estimate of drug-likeness (QED) is 0.590. The van der Waals surface area contributed by atoms with Gasteiger partial charge in [0, 0.05) is 11.6 Å². The molecular formula is C20H15N3. The second-order valence-corrected chi connectivity index (χ2v) is 5.34. The highest BCUT2D eigenvalue weighted by atomic mass is 14.9. The van der Waals surface area contributed by atoms with Crippen molar-refractivity contribution in [3.63, 3.8) is 0 Å². The van der Waals surface area contributed by atoms with Crippen LogP contribution in [0.3, 0.4) is 0 Å². The molecule has 4 rings (SSSR count). The summed E-state index contributed by atoms with van der Waals surface area (Å²) < 4.78 is 0. The van der Waals surface area contributed by atoms with Crippen molar-refractivity contribution >= 4 is 22.9 Å². The molecule has 2 aromatic heterocycles. The molecule has 0 saturated carbocycles. The average Bonchev–Trinajstić information content (AvgIpc) is 3.10. The van der Waals surface area contributed by atoms with Gasteiger partial charge in [-0.2, -0.15) is 0 Å². The van der Waals surface area contributed by atoms with Crippen LogP contribution in [-0.2, 0) is 0 Å². The second-order valence-electron chi connectivity index (χ2n) is 5.34. The maximum atomic E-state index is 4.46. The number of nitrogens with one attached hydrogen (secondary N) is 1. The van der Waals surface area contributed by atoms with Gasteiger partial charge in [-0.1, -0.05) is 54.6 Å². The number of rotatable bonds is 3. The van der Waals surface area contributed by atoms with Crippen LogP contribution in [0.2, 0.25) is 0 Å². The maximum Gasteiger partial charge on any atom is 0.130 e. The molecule has 1 N–H and O–H groups in total. The van der Waals surface area contributed by atoms with Crippen LogP contribution < -0.4 is 0 Å². The summed E-state index contributed by atoms with van der Waals surface area (Å²) in [5, 5.41) is 2.33. The van der Waals surface area contributed by atoms with Crippen LogP contribution in [-0.4, -0.2) is 15.0 Å². The van der Waals surface area contributed by atoms with Gasteiger partial charge in [0.25, 0.3) is 0 Å². The Kier molecular flexibility index (Phi) is 3.45. The minimum atomic E-state index is 0.818. The van der Waals surface area contributed by atoms with Gasteiger partial charge in [0.15, 0.2) is 0 Å². The third kappa shape index (κ3) is 2.90. The Balaban J connectivity index is 1.59. The van der Waals surface area contributed by atoms with E-state index in [1.807, 2.05) is 54.9 Å². The van der Waals surface area contributed by atoms with E-state index >= 15 is 0 Å². The van der Waals surface area contributed by atoms with Gasteiger partial charge in [0.2, 0.25) is 0 Å². The van der Waals surface area contributed by atoms with Crippen molar-refractivity contribution in [2.24, 2.45) is 0 Å². The monoisotopic (exact) mass is 297 g/mol. The zero-order valence-corrected chi connectivity index (χ0v) is 12.5. The molecule has 0 aliphatic heterocycles. The fourth-order valence-electron chi connectivity index (χ4n) is 2.54. The molecule has 2 heterocycles. The van der Waals surface area contributed by atoms with Crippen LogP contribution >= 0.6 is 0 Å². The molecule has 0 bridgehead atoms. The smallest absolute Gasteiger partial charge is 0.130 e. The first-order valence-electron chi connectivity index (χ1n) is 7.52. The van der Waals surface area contributed by atoms with Gasteiger partial charge in [-0.05, 0) is 29.2 Å². The van der Waals surface area contributed by atoms with Gasteiger partial charge >= 0.3 is 0 Å². The van der Waals surface area contributed by atoms with Gasteiger partial charge < -0.3 is 4.98 Å². The number of aromatic amines is 1. The lowest BCUT2D eigenvalue weighted by Crippen LogP contribution is -1.82. The number of H-pyrrole nitrogens is 1. The minimum absolute atomic E-state index is 0.818. The molecule has 0 aliphatic carbocycles. The largest absolute Gasteiger partial charge is 0.338 e. The lowest BCUT2D eigenvalue weighted by molar-refractivity contribution is 1.26.